The van der Waals surface area contributed by atoms with Crippen molar-refractivity contribution in [2.45, 2.75) is 0 Å². The molecule has 0 saturated carbocycles. The Kier molecular flexibility index (Phi) is 5.14. The molecule has 0 fully saturated rings. The van der Waals surface area contributed by atoms with Crippen LogP contribution >= 0.6 is 11.3 Å². The van der Waals surface area contributed by atoms with Gasteiger partial charge in [-0.25, -0.2) is 9.97 Å². The third kappa shape index (κ3) is 3.84. The number of nitrogens with one attached hydrogen (secondary N) is 1. The van der Waals surface area contributed by atoms with Gasteiger partial charge in [0.05, 0.1) is 16.5 Å². The smallest absolute Gasteiger partial charge is 0.269 e. The van der Waals surface area contributed by atoms with E-state index in [0.717, 1.165) is 26.9 Å². The SMILES string of the molecule is O=[N+]([O-])c1ccc(-c2ccc(C=NNc3ncnc4scc(-c5ccccc5)c34)o2)cc1. The number of hydrogen-bond donors (Lipinski definition) is 1. The number of non-ortho nitro benzene ring substituents is 1. The number of benzene rings is 2. The molecule has 9 heteroatoms. The zero-order chi connectivity index (χ0) is 21.9. The van der Waals surface area contributed by atoms with Gasteiger partial charge in [-0.1, -0.05) is 30.3 Å². The number of hydrazone groups is 1. The Morgan fingerprint density at radius 1 is 1.00 bits per heavy atom. The molecule has 0 bridgehead atoms. The van der Waals surface area contributed by atoms with Crippen molar-refractivity contribution in [2.75, 3.05) is 5.43 Å². The highest BCUT2D eigenvalue weighted by atomic mass is 32.1. The first-order valence-corrected chi connectivity index (χ1v) is 10.5. The van der Waals surface area contributed by atoms with Crippen LogP contribution in [0.2, 0.25) is 0 Å². The number of fused-ring (bicyclic) bond motifs is 1. The number of aromatic nitrogens is 2. The second kappa shape index (κ2) is 8.40. The number of nitro benzene ring substituents is 1. The lowest BCUT2D eigenvalue weighted by atomic mass is 10.1. The summed E-state index contributed by atoms with van der Waals surface area (Å²) in [5, 5.41) is 18.1. The highest BCUT2D eigenvalue weighted by molar-refractivity contribution is 7.17. The van der Waals surface area contributed by atoms with E-state index in [4.69, 9.17) is 4.42 Å². The molecule has 3 aromatic heterocycles. The fourth-order valence-corrected chi connectivity index (χ4v) is 4.19. The normalized spacial score (nSPS) is 11.2. The van der Waals surface area contributed by atoms with Crippen molar-refractivity contribution in [3.8, 4) is 22.5 Å². The lowest BCUT2D eigenvalue weighted by Gasteiger charge is -2.04. The number of nitrogens with zero attached hydrogens (tertiary/aromatic N) is 4. The van der Waals surface area contributed by atoms with Crippen molar-refractivity contribution < 1.29 is 9.34 Å². The summed E-state index contributed by atoms with van der Waals surface area (Å²) in [6.45, 7) is 0. The second-order valence-electron chi connectivity index (χ2n) is 6.79. The Hall–Kier alpha value is -4.37. The van der Waals surface area contributed by atoms with Crippen LogP contribution in [-0.2, 0) is 0 Å². The van der Waals surface area contributed by atoms with Crippen molar-refractivity contribution >= 4 is 39.3 Å². The number of anilines is 1. The van der Waals surface area contributed by atoms with Crippen molar-refractivity contribution in [3.05, 3.63) is 94.3 Å². The van der Waals surface area contributed by atoms with Gasteiger partial charge in [0.2, 0.25) is 0 Å². The van der Waals surface area contributed by atoms with Gasteiger partial charge in [0, 0.05) is 28.6 Å². The van der Waals surface area contributed by atoms with Crippen LogP contribution in [0.15, 0.2) is 88.0 Å². The maximum Gasteiger partial charge on any atom is 0.269 e. The standard InChI is InChI=1S/C23H15N5O3S/c29-28(30)17-8-6-16(7-9-17)20-11-10-18(31-20)12-26-27-22-21-19(15-4-2-1-3-5-15)13-32-23(21)25-14-24-22/h1-14H,(H,24,25,27). The van der Waals surface area contributed by atoms with Crippen molar-refractivity contribution in [1.29, 1.82) is 0 Å². The summed E-state index contributed by atoms with van der Waals surface area (Å²) in [6, 6.07) is 19.8. The molecule has 0 unspecified atom stereocenters. The Balaban J connectivity index is 1.37. The van der Waals surface area contributed by atoms with E-state index in [1.165, 1.54) is 18.5 Å². The molecule has 8 nitrogen and oxygen atoms in total. The molecule has 0 spiro atoms. The number of rotatable bonds is 6. The zero-order valence-electron chi connectivity index (χ0n) is 16.5. The van der Waals surface area contributed by atoms with E-state index in [0.29, 0.717) is 17.3 Å². The fraction of sp³-hybridized carbons (Fsp3) is 0. The fourth-order valence-electron chi connectivity index (χ4n) is 3.27. The zero-order valence-corrected chi connectivity index (χ0v) is 17.3. The van der Waals surface area contributed by atoms with E-state index >= 15 is 0 Å². The van der Waals surface area contributed by atoms with E-state index < -0.39 is 4.92 Å². The van der Waals surface area contributed by atoms with Crippen LogP contribution < -0.4 is 5.43 Å². The molecular formula is C23H15N5O3S. The van der Waals surface area contributed by atoms with E-state index in [9.17, 15) is 10.1 Å². The average molecular weight is 441 g/mol. The van der Waals surface area contributed by atoms with Gasteiger partial charge in [-0.2, -0.15) is 5.10 Å². The van der Waals surface area contributed by atoms with Gasteiger partial charge in [-0.15, -0.1) is 11.3 Å². The Bertz CT molecular complexity index is 1430. The summed E-state index contributed by atoms with van der Waals surface area (Å²) in [5.41, 5.74) is 5.89. The van der Waals surface area contributed by atoms with Gasteiger partial charge in [0.15, 0.2) is 5.82 Å². The minimum Gasteiger partial charge on any atom is -0.455 e. The van der Waals surface area contributed by atoms with Gasteiger partial charge in [0.25, 0.3) is 5.69 Å². The third-order valence-electron chi connectivity index (χ3n) is 4.81. The quantitative estimate of drug-likeness (QED) is 0.198. The summed E-state index contributed by atoms with van der Waals surface area (Å²) in [6.07, 6.45) is 3.06. The number of hydrogen-bond acceptors (Lipinski definition) is 8. The Morgan fingerprint density at radius 2 is 1.81 bits per heavy atom. The summed E-state index contributed by atoms with van der Waals surface area (Å²) < 4.78 is 5.78. The predicted octanol–water partition coefficient (Wildman–Crippen LogP) is 5.97. The highest BCUT2D eigenvalue weighted by Gasteiger charge is 2.13. The van der Waals surface area contributed by atoms with E-state index in [1.54, 1.807) is 41.8 Å². The lowest BCUT2D eigenvalue weighted by molar-refractivity contribution is -0.384. The third-order valence-corrected chi connectivity index (χ3v) is 5.69. The molecule has 3 heterocycles. The minimum atomic E-state index is -0.434. The molecule has 156 valence electrons. The van der Waals surface area contributed by atoms with Crippen LogP contribution in [0, 0.1) is 10.1 Å². The first kappa shape index (κ1) is 19.6. The molecule has 0 aliphatic carbocycles. The Morgan fingerprint density at radius 3 is 2.59 bits per heavy atom. The van der Waals surface area contributed by atoms with Gasteiger partial charge >= 0.3 is 0 Å². The minimum absolute atomic E-state index is 0.0331. The molecule has 1 N–H and O–H groups in total. The molecule has 2 aromatic carbocycles. The molecule has 0 saturated heterocycles. The summed E-state index contributed by atoms with van der Waals surface area (Å²) in [4.78, 5) is 20.0. The van der Waals surface area contributed by atoms with Crippen LogP contribution in [0.1, 0.15) is 5.76 Å². The maximum absolute atomic E-state index is 10.8. The van der Waals surface area contributed by atoms with Crippen LogP contribution in [0.5, 0.6) is 0 Å². The van der Waals surface area contributed by atoms with Gasteiger partial charge in [-0.3, -0.25) is 15.5 Å². The lowest BCUT2D eigenvalue weighted by Crippen LogP contribution is -1.95. The molecule has 0 atom stereocenters. The van der Waals surface area contributed by atoms with E-state index in [1.807, 2.05) is 30.3 Å². The number of nitro groups is 1. The first-order chi connectivity index (χ1) is 15.7. The molecule has 32 heavy (non-hydrogen) atoms. The van der Waals surface area contributed by atoms with E-state index in [-0.39, 0.29) is 5.69 Å². The topological polar surface area (TPSA) is 106 Å². The molecule has 5 rings (SSSR count). The van der Waals surface area contributed by atoms with Crippen LogP contribution in [0.4, 0.5) is 11.5 Å². The molecule has 5 aromatic rings. The van der Waals surface area contributed by atoms with Crippen LogP contribution in [0.3, 0.4) is 0 Å². The average Bonchev–Trinajstić information content (AvgIpc) is 3.48. The summed E-state index contributed by atoms with van der Waals surface area (Å²) >= 11 is 1.55. The van der Waals surface area contributed by atoms with Crippen molar-refractivity contribution in [1.82, 2.24) is 9.97 Å². The molecule has 0 aliphatic rings. The predicted molar refractivity (Wildman–Crippen MR) is 125 cm³/mol. The van der Waals surface area contributed by atoms with E-state index in [2.05, 4.69) is 25.9 Å². The second-order valence-corrected chi connectivity index (χ2v) is 7.65. The number of furan rings is 1. The largest absolute Gasteiger partial charge is 0.455 e. The Labute approximate surface area is 186 Å². The summed E-state index contributed by atoms with van der Waals surface area (Å²) in [7, 11) is 0. The monoisotopic (exact) mass is 441 g/mol. The number of thiophene rings is 1. The first-order valence-electron chi connectivity index (χ1n) is 9.60. The van der Waals surface area contributed by atoms with Gasteiger partial charge in [-0.05, 0) is 29.8 Å². The van der Waals surface area contributed by atoms with Crippen molar-refractivity contribution in [2.24, 2.45) is 5.10 Å². The highest BCUT2D eigenvalue weighted by Crippen LogP contribution is 2.36. The van der Waals surface area contributed by atoms with Gasteiger partial charge < -0.3 is 4.42 Å². The maximum atomic E-state index is 10.8. The molecular weight excluding hydrogens is 426 g/mol. The van der Waals surface area contributed by atoms with Crippen LogP contribution in [0.25, 0.3) is 32.7 Å². The van der Waals surface area contributed by atoms with Crippen LogP contribution in [-0.4, -0.2) is 21.1 Å². The molecule has 0 aliphatic heterocycles. The molecule has 0 amide bonds. The molecule has 0 radical (unpaired) electrons. The van der Waals surface area contributed by atoms with Crippen molar-refractivity contribution in [3.63, 3.8) is 0 Å². The van der Waals surface area contributed by atoms with Gasteiger partial charge in [0.1, 0.15) is 22.7 Å². The summed E-state index contributed by atoms with van der Waals surface area (Å²) in [5.74, 6) is 1.73.